The normalized spacial score (nSPS) is 10.0. The van der Waals surface area contributed by atoms with Gasteiger partial charge in [-0.3, -0.25) is 10.1 Å². The minimum absolute atomic E-state index is 0.277. The number of hydrogen-bond donors (Lipinski definition) is 0. The van der Waals surface area contributed by atoms with E-state index in [4.69, 9.17) is 0 Å². The Balaban J connectivity index is 3.53. The van der Waals surface area contributed by atoms with E-state index in [1.165, 1.54) is 0 Å². The molecule has 8 heteroatoms. The molecule has 0 saturated heterocycles. The predicted molar refractivity (Wildman–Crippen MR) is 44.3 cm³/mol. The van der Waals surface area contributed by atoms with Gasteiger partial charge >= 0.3 is 11.7 Å². The summed E-state index contributed by atoms with van der Waals surface area (Å²) in [5.41, 5.74) is -2.37. The van der Waals surface area contributed by atoms with E-state index in [1.807, 2.05) is 0 Å². The van der Waals surface area contributed by atoms with Crippen molar-refractivity contribution in [2.75, 3.05) is 7.11 Å². The molecule has 0 heterocycles. The van der Waals surface area contributed by atoms with Gasteiger partial charge in [-0.15, -0.1) is 0 Å². The molecular formula is C8H4F3NO4. The van der Waals surface area contributed by atoms with Crippen LogP contribution in [-0.4, -0.2) is 18.0 Å². The van der Waals surface area contributed by atoms with Crippen LogP contribution in [0.3, 0.4) is 0 Å². The van der Waals surface area contributed by atoms with Crippen LogP contribution in [0.15, 0.2) is 6.07 Å². The molecule has 0 atom stereocenters. The van der Waals surface area contributed by atoms with Crippen LogP contribution in [0.2, 0.25) is 0 Å². The van der Waals surface area contributed by atoms with Gasteiger partial charge in [0.05, 0.1) is 12.0 Å². The maximum absolute atomic E-state index is 13.0. The SMILES string of the molecule is COC(=O)c1cc([N+](=O)[O-])c(F)c(F)c1F. The molecule has 0 aromatic heterocycles. The van der Waals surface area contributed by atoms with E-state index in [1.54, 1.807) is 0 Å². The predicted octanol–water partition coefficient (Wildman–Crippen LogP) is 1.80. The first-order chi connectivity index (χ1) is 7.40. The Morgan fingerprint density at radius 1 is 1.31 bits per heavy atom. The van der Waals surface area contributed by atoms with E-state index in [0.29, 0.717) is 0 Å². The number of carbonyl (C=O) groups is 1. The second-order valence-electron chi connectivity index (χ2n) is 2.63. The van der Waals surface area contributed by atoms with Gasteiger partial charge in [-0.2, -0.15) is 4.39 Å². The number of carbonyl (C=O) groups excluding carboxylic acids is 1. The van der Waals surface area contributed by atoms with Crippen molar-refractivity contribution in [1.29, 1.82) is 0 Å². The first-order valence-corrected chi connectivity index (χ1v) is 3.80. The van der Waals surface area contributed by atoms with E-state index in [9.17, 15) is 28.1 Å². The lowest BCUT2D eigenvalue weighted by molar-refractivity contribution is -0.387. The number of nitro benzene ring substituents is 1. The standard InChI is InChI=1S/C8H4F3NO4/c1-16-8(13)3-2-4(12(14)15)6(10)7(11)5(3)9/h2H,1H3. The van der Waals surface area contributed by atoms with Crippen molar-refractivity contribution in [3.63, 3.8) is 0 Å². The Morgan fingerprint density at radius 2 is 1.88 bits per heavy atom. The van der Waals surface area contributed by atoms with Crippen molar-refractivity contribution in [2.45, 2.75) is 0 Å². The highest BCUT2D eigenvalue weighted by Crippen LogP contribution is 2.25. The number of methoxy groups -OCH3 is 1. The summed E-state index contributed by atoms with van der Waals surface area (Å²) in [7, 11) is 0.870. The second-order valence-corrected chi connectivity index (χ2v) is 2.63. The summed E-state index contributed by atoms with van der Waals surface area (Å²) in [6.45, 7) is 0. The highest BCUT2D eigenvalue weighted by atomic mass is 19.2. The first kappa shape index (κ1) is 12.0. The number of esters is 1. The average molecular weight is 235 g/mol. The lowest BCUT2D eigenvalue weighted by atomic mass is 10.1. The van der Waals surface area contributed by atoms with E-state index in [-0.39, 0.29) is 6.07 Å². The molecule has 1 rings (SSSR count). The molecule has 1 aromatic rings. The van der Waals surface area contributed by atoms with Gasteiger partial charge in [-0.1, -0.05) is 0 Å². The molecular weight excluding hydrogens is 231 g/mol. The number of benzene rings is 1. The number of hydrogen-bond acceptors (Lipinski definition) is 4. The van der Waals surface area contributed by atoms with Gasteiger partial charge in [0.25, 0.3) is 0 Å². The smallest absolute Gasteiger partial charge is 0.341 e. The third-order valence-corrected chi connectivity index (χ3v) is 1.73. The Kier molecular flexibility index (Phi) is 3.11. The molecule has 5 nitrogen and oxygen atoms in total. The van der Waals surface area contributed by atoms with Gasteiger partial charge in [-0.25, -0.2) is 13.6 Å². The Bertz CT molecular complexity index is 475. The van der Waals surface area contributed by atoms with Crippen LogP contribution >= 0.6 is 0 Å². The Hall–Kier alpha value is -2.12. The van der Waals surface area contributed by atoms with E-state index in [2.05, 4.69) is 4.74 Å². The maximum atomic E-state index is 13.0. The highest BCUT2D eigenvalue weighted by Gasteiger charge is 2.28. The van der Waals surface area contributed by atoms with E-state index >= 15 is 0 Å². The number of ether oxygens (including phenoxy) is 1. The summed E-state index contributed by atoms with van der Waals surface area (Å²) in [5, 5.41) is 10.3. The first-order valence-electron chi connectivity index (χ1n) is 3.80. The summed E-state index contributed by atoms with van der Waals surface area (Å²) < 4.78 is 42.8. The van der Waals surface area contributed by atoms with E-state index < -0.39 is 39.6 Å². The fourth-order valence-corrected chi connectivity index (χ4v) is 0.982. The molecule has 0 N–H and O–H groups in total. The number of rotatable bonds is 2. The van der Waals surface area contributed by atoms with Crippen LogP contribution < -0.4 is 0 Å². The zero-order valence-electron chi connectivity index (χ0n) is 7.79. The zero-order valence-corrected chi connectivity index (χ0v) is 7.79. The van der Waals surface area contributed by atoms with Crippen LogP contribution in [0.25, 0.3) is 0 Å². The summed E-state index contributed by atoms with van der Waals surface area (Å²) >= 11 is 0. The Morgan fingerprint density at radius 3 is 2.31 bits per heavy atom. The molecule has 0 bridgehead atoms. The quantitative estimate of drug-likeness (QED) is 0.339. The van der Waals surface area contributed by atoms with Crippen molar-refractivity contribution in [3.8, 4) is 0 Å². The van der Waals surface area contributed by atoms with Gasteiger partial charge in [0.15, 0.2) is 5.82 Å². The molecule has 0 radical (unpaired) electrons. The Labute approximate surface area is 86.6 Å². The number of nitrogens with zero attached hydrogens (tertiary/aromatic N) is 1. The molecule has 0 fully saturated rings. The molecule has 0 aliphatic rings. The fraction of sp³-hybridized carbons (Fsp3) is 0.125. The summed E-state index contributed by atoms with van der Waals surface area (Å²) in [6, 6.07) is 0.277. The maximum Gasteiger partial charge on any atom is 0.341 e. The van der Waals surface area contributed by atoms with Crippen LogP contribution in [0.1, 0.15) is 10.4 Å². The van der Waals surface area contributed by atoms with Crippen molar-refractivity contribution in [2.24, 2.45) is 0 Å². The molecule has 16 heavy (non-hydrogen) atoms. The van der Waals surface area contributed by atoms with Crippen molar-refractivity contribution < 1.29 is 27.6 Å². The minimum Gasteiger partial charge on any atom is -0.465 e. The fourth-order valence-electron chi connectivity index (χ4n) is 0.982. The van der Waals surface area contributed by atoms with Crippen molar-refractivity contribution in [3.05, 3.63) is 39.2 Å². The van der Waals surface area contributed by atoms with Gasteiger partial charge in [0.2, 0.25) is 11.6 Å². The monoisotopic (exact) mass is 235 g/mol. The topological polar surface area (TPSA) is 69.4 Å². The van der Waals surface area contributed by atoms with E-state index in [0.717, 1.165) is 7.11 Å². The average Bonchev–Trinajstić information content (AvgIpc) is 2.25. The number of halogens is 3. The lowest BCUT2D eigenvalue weighted by Crippen LogP contribution is -2.09. The van der Waals surface area contributed by atoms with Gasteiger partial charge in [-0.05, 0) is 0 Å². The second kappa shape index (κ2) is 4.17. The van der Waals surface area contributed by atoms with Gasteiger partial charge < -0.3 is 4.74 Å². The third-order valence-electron chi connectivity index (χ3n) is 1.73. The molecule has 0 aliphatic carbocycles. The molecule has 0 saturated carbocycles. The lowest BCUT2D eigenvalue weighted by Gasteiger charge is -2.03. The zero-order chi connectivity index (χ0) is 12.5. The van der Waals surface area contributed by atoms with Crippen LogP contribution in [0.4, 0.5) is 18.9 Å². The highest BCUT2D eigenvalue weighted by molar-refractivity contribution is 5.90. The largest absolute Gasteiger partial charge is 0.465 e. The van der Waals surface area contributed by atoms with Crippen molar-refractivity contribution >= 4 is 11.7 Å². The summed E-state index contributed by atoms with van der Waals surface area (Å²) in [4.78, 5) is 19.9. The number of nitro groups is 1. The molecule has 0 amide bonds. The molecule has 0 aliphatic heterocycles. The van der Waals surface area contributed by atoms with Crippen LogP contribution in [-0.2, 0) is 4.74 Å². The van der Waals surface area contributed by atoms with Crippen molar-refractivity contribution in [1.82, 2.24) is 0 Å². The van der Waals surface area contributed by atoms with Gasteiger partial charge in [0, 0.05) is 6.07 Å². The summed E-state index contributed by atoms with van der Waals surface area (Å²) in [6.07, 6.45) is 0. The molecule has 86 valence electrons. The molecule has 0 unspecified atom stereocenters. The molecule has 1 aromatic carbocycles. The van der Waals surface area contributed by atoms with Crippen LogP contribution in [0.5, 0.6) is 0 Å². The van der Waals surface area contributed by atoms with Gasteiger partial charge in [0.1, 0.15) is 5.56 Å². The van der Waals surface area contributed by atoms with Crippen LogP contribution in [0, 0.1) is 27.6 Å². The minimum atomic E-state index is -2.09. The summed E-state index contributed by atoms with van der Waals surface area (Å²) in [5.74, 6) is -7.21. The molecule has 0 spiro atoms. The third kappa shape index (κ3) is 1.81.